The van der Waals surface area contributed by atoms with Crippen LogP contribution < -0.4 is 4.74 Å². The Hall–Kier alpha value is -3.73. The van der Waals surface area contributed by atoms with Crippen molar-refractivity contribution in [1.29, 1.82) is 0 Å². The Morgan fingerprint density at radius 3 is 1.83 bits per heavy atom. The maximum Gasteiger partial charge on any atom is 0.344 e. The van der Waals surface area contributed by atoms with Crippen LogP contribution >= 0.6 is 0 Å². The van der Waals surface area contributed by atoms with Gasteiger partial charge in [-0.3, -0.25) is 0 Å². The number of benzene rings is 3. The van der Waals surface area contributed by atoms with E-state index in [2.05, 4.69) is 4.98 Å². The van der Waals surface area contributed by atoms with Crippen LogP contribution in [0.15, 0.2) is 60.7 Å². The molecule has 0 fully saturated rings. The average molecular weight is 385 g/mol. The molecule has 0 aliphatic rings. The summed E-state index contributed by atoms with van der Waals surface area (Å²) in [6.45, 7) is 3.59. The molecule has 0 spiro atoms. The van der Waals surface area contributed by atoms with Crippen LogP contribution in [0.5, 0.6) is 5.75 Å². The topological polar surface area (TPSA) is 65.5 Å². The Kier molecular flexibility index (Phi) is 4.72. The van der Waals surface area contributed by atoms with E-state index >= 15 is 0 Å². The van der Waals surface area contributed by atoms with Gasteiger partial charge in [-0.25, -0.2) is 14.6 Å². The molecule has 144 valence electrons. The summed E-state index contributed by atoms with van der Waals surface area (Å²) in [7, 11) is 1.33. The predicted octanol–water partition coefficient (Wildman–Crippen LogP) is 5.01. The normalized spacial score (nSPS) is 10.9. The van der Waals surface area contributed by atoms with E-state index in [0.29, 0.717) is 28.0 Å². The second-order valence-corrected chi connectivity index (χ2v) is 6.84. The highest BCUT2D eigenvalue weighted by Crippen LogP contribution is 2.30. The van der Waals surface area contributed by atoms with Gasteiger partial charge < -0.3 is 9.47 Å². The highest BCUT2D eigenvalue weighted by molar-refractivity contribution is 6.14. The molecule has 4 aromatic rings. The van der Waals surface area contributed by atoms with Crippen molar-refractivity contribution in [2.75, 3.05) is 7.11 Å². The second-order valence-electron chi connectivity index (χ2n) is 6.84. The van der Waals surface area contributed by atoms with Gasteiger partial charge in [0.1, 0.15) is 5.75 Å². The van der Waals surface area contributed by atoms with Gasteiger partial charge in [-0.05, 0) is 49.2 Å². The highest BCUT2D eigenvalue weighted by Gasteiger charge is 2.20. The molecule has 0 amide bonds. The number of pyridine rings is 1. The molecule has 5 nitrogen and oxygen atoms in total. The van der Waals surface area contributed by atoms with Gasteiger partial charge in [0.05, 0.1) is 29.3 Å². The zero-order chi connectivity index (χ0) is 20.5. The predicted molar refractivity (Wildman–Crippen MR) is 111 cm³/mol. The first kappa shape index (κ1) is 18.6. The summed E-state index contributed by atoms with van der Waals surface area (Å²) in [5, 5.41) is 1.47. The smallest absolute Gasteiger partial charge is 0.344 e. The van der Waals surface area contributed by atoms with Crippen LogP contribution in [0.1, 0.15) is 31.8 Å². The number of para-hydroxylation sites is 2. The summed E-state index contributed by atoms with van der Waals surface area (Å²) in [6.07, 6.45) is 0. The summed E-state index contributed by atoms with van der Waals surface area (Å²) in [5.41, 5.74) is 3.72. The molecule has 0 unspecified atom stereocenters. The van der Waals surface area contributed by atoms with E-state index in [1.165, 1.54) is 7.11 Å². The van der Waals surface area contributed by atoms with E-state index in [0.717, 1.165) is 21.8 Å². The Morgan fingerprint density at radius 2 is 1.31 bits per heavy atom. The van der Waals surface area contributed by atoms with Crippen LogP contribution in [-0.2, 0) is 4.74 Å². The number of carbonyl (C=O) groups is 2. The number of rotatable bonds is 3. The maximum absolute atomic E-state index is 13.3. The number of fused-ring (bicyclic) bond motifs is 2. The van der Waals surface area contributed by atoms with Gasteiger partial charge in [-0.2, -0.15) is 0 Å². The van der Waals surface area contributed by atoms with Crippen molar-refractivity contribution in [3.8, 4) is 5.75 Å². The van der Waals surface area contributed by atoms with Gasteiger partial charge in [-0.15, -0.1) is 0 Å². The molecular formula is C24H19NO4. The fourth-order valence-electron chi connectivity index (χ4n) is 3.55. The zero-order valence-electron chi connectivity index (χ0n) is 16.4. The number of carbonyl (C=O) groups excluding carboxylic acids is 2. The second kappa shape index (κ2) is 7.36. The molecule has 5 heteroatoms. The summed E-state index contributed by atoms with van der Waals surface area (Å²) in [6, 6.07) is 18.3. The Bertz CT molecular complexity index is 1200. The first-order valence-electron chi connectivity index (χ1n) is 9.19. The number of ether oxygens (including phenoxy) is 2. The van der Waals surface area contributed by atoms with Gasteiger partial charge in [-0.1, -0.05) is 36.4 Å². The molecule has 1 aromatic heterocycles. The minimum Gasteiger partial charge on any atom is -0.465 e. The van der Waals surface area contributed by atoms with Gasteiger partial charge in [0.15, 0.2) is 0 Å². The first-order valence-corrected chi connectivity index (χ1v) is 9.19. The molecular weight excluding hydrogens is 366 g/mol. The number of hydrogen-bond acceptors (Lipinski definition) is 5. The van der Waals surface area contributed by atoms with Crippen molar-refractivity contribution in [3.63, 3.8) is 0 Å². The van der Waals surface area contributed by atoms with Crippen molar-refractivity contribution in [2.45, 2.75) is 13.8 Å². The highest BCUT2D eigenvalue weighted by atomic mass is 16.5. The molecule has 4 rings (SSSR count). The van der Waals surface area contributed by atoms with E-state index in [9.17, 15) is 9.59 Å². The summed E-state index contributed by atoms with van der Waals surface area (Å²) < 4.78 is 10.6. The minimum absolute atomic E-state index is 0.419. The van der Waals surface area contributed by atoms with Gasteiger partial charge in [0.25, 0.3) is 0 Å². The lowest BCUT2D eigenvalue weighted by molar-refractivity contribution is 0.0600. The number of aromatic nitrogens is 1. The Balaban J connectivity index is 1.83. The van der Waals surface area contributed by atoms with Crippen molar-refractivity contribution >= 4 is 33.7 Å². The minimum atomic E-state index is -0.461. The summed E-state index contributed by atoms with van der Waals surface area (Å²) in [4.78, 5) is 29.8. The van der Waals surface area contributed by atoms with Crippen LogP contribution in [0.2, 0.25) is 0 Å². The standard InChI is InChI=1S/C24H19NO4/c1-14-12-16(23(26)28-3)13-15(2)22(14)29-24(27)21-17-8-4-6-10-19(17)25-20-11-7-5-9-18(20)21/h4-13H,1-3H3. The largest absolute Gasteiger partial charge is 0.465 e. The van der Waals surface area contributed by atoms with E-state index in [-0.39, 0.29) is 0 Å². The molecule has 0 atom stereocenters. The number of aryl methyl sites for hydroxylation is 2. The lowest BCUT2D eigenvalue weighted by Crippen LogP contribution is -2.13. The Morgan fingerprint density at radius 1 is 0.793 bits per heavy atom. The number of nitrogens with zero attached hydrogens (tertiary/aromatic N) is 1. The summed E-state index contributed by atoms with van der Waals surface area (Å²) in [5.74, 6) is -0.454. The van der Waals surface area contributed by atoms with E-state index < -0.39 is 11.9 Å². The third kappa shape index (κ3) is 3.31. The van der Waals surface area contributed by atoms with Crippen LogP contribution in [0, 0.1) is 13.8 Å². The van der Waals surface area contributed by atoms with E-state index in [1.807, 2.05) is 48.5 Å². The van der Waals surface area contributed by atoms with E-state index in [4.69, 9.17) is 9.47 Å². The van der Waals surface area contributed by atoms with Crippen LogP contribution in [-0.4, -0.2) is 24.0 Å². The number of hydrogen-bond donors (Lipinski definition) is 0. The average Bonchev–Trinajstić information content (AvgIpc) is 2.73. The molecule has 0 N–H and O–H groups in total. The molecule has 0 aliphatic carbocycles. The number of methoxy groups -OCH3 is 1. The first-order chi connectivity index (χ1) is 14.0. The van der Waals surface area contributed by atoms with Crippen molar-refractivity contribution in [2.24, 2.45) is 0 Å². The van der Waals surface area contributed by atoms with E-state index in [1.54, 1.807) is 26.0 Å². The van der Waals surface area contributed by atoms with Crippen LogP contribution in [0.4, 0.5) is 0 Å². The van der Waals surface area contributed by atoms with Crippen molar-refractivity contribution < 1.29 is 19.1 Å². The van der Waals surface area contributed by atoms with Gasteiger partial charge in [0, 0.05) is 10.8 Å². The molecule has 0 radical (unpaired) electrons. The third-order valence-electron chi connectivity index (χ3n) is 4.87. The van der Waals surface area contributed by atoms with Gasteiger partial charge in [0.2, 0.25) is 0 Å². The van der Waals surface area contributed by atoms with Crippen LogP contribution in [0.3, 0.4) is 0 Å². The number of esters is 2. The summed E-state index contributed by atoms with van der Waals surface area (Å²) >= 11 is 0. The molecule has 0 saturated heterocycles. The molecule has 1 heterocycles. The van der Waals surface area contributed by atoms with Crippen molar-refractivity contribution in [1.82, 2.24) is 4.98 Å². The van der Waals surface area contributed by atoms with Crippen molar-refractivity contribution in [3.05, 3.63) is 82.9 Å². The lowest BCUT2D eigenvalue weighted by atomic mass is 10.0. The fourth-order valence-corrected chi connectivity index (χ4v) is 3.55. The fraction of sp³-hybridized carbons (Fsp3) is 0.125. The quantitative estimate of drug-likeness (QED) is 0.282. The molecule has 0 bridgehead atoms. The maximum atomic E-state index is 13.3. The lowest BCUT2D eigenvalue weighted by Gasteiger charge is -2.14. The molecule has 3 aromatic carbocycles. The SMILES string of the molecule is COC(=O)c1cc(C)c(OC(=O)c2c3ccccc3nc3ccccc23)c(C)c1. The monoisotopic (exact) mass is 385 g/mol. The molecule has 29 heavy (non-hydrogen) atoms. The zero-order valence-corrected chi connectivity index (χ0v) is 16.4. The Labute approximate surface area is 167 Å². The molecule has 0 saturated carbocycles. The van der Waals surface area contributed by atoms with Gasteiger partial charge >= 0.3 is 11.9 Å². The molecule has 0 aliphatic heterocycles. The third-order valence-corrected chi connectivity index (χ3v) is 4.87. The van der Waals surface area contributed by atoms with Crippen LogP contribution in [0.25, 0.3) is 21.8 Å².